The number of halogens is 3. The molecule has 44 heavy (non-hydrogen) atoms. The summed E-state index contributed by atoms with van der Waals surface area (Å²) >= 11 is 1.60. The van der Waals surface area contributed by atoms with Crippen LogP contribution in [-0.2, 0) is 0 Å². The minimum atomic E-state index is -4.75. The molecule has 2 heterocycles. The number of nitrogens with zero attached hydrogens (tertiary/aromatic N) is 5. The van der Waals surface area contributed by atoms with Crippen molar-refractivity contribution in [2.45, 2.75) is 45.4 Å². The first-order valence-corrected chi connectivity index (χ1v) is 15.3. The van der Waals surface area contributed by atoms with Gasteiger partial charge in [0.25, 0.3) is 0 Å². The van der Waals surface area contributed by atoms with E-state index in [9.17, 15) is 18.0 Å². The molecule has 12 heteroatoms. The highest BCUT2D eigenvalue weighted by molar-refractivity contribution is 8.14. The van der Waals surface area contributed by atoms with Crippen LogP contribution in [0.3, 0.4) is 0 Å². The Kier molecular flexibility index (Phi) is 9.58. The van der Waals surface area contributed by atoms with Crippen molar-refractivity contribution in [3.05, 3.63) is 90.3 Å². The van der Waals surface area contributed by atoms with Gasteiger partial charge in [0.05, 0.1) is 5.69 Å². The fourth-order valence-electron chi connectivity index (χ4n) is 4.86. The summed E-state index contributed by atoms with van der Waals surface area (Å²) in [4.78, 5) is 23.8. The Hall–Kier alpha value is -4.32. The van der Waals surface area contributed by atoms with Gasteiger partial charge in [0, 0.05) is 30.1 Å². The van der Waals surface area contributed by atoms with Crippen molar-refractivity contribution in [2.75, 3.05) is 23.7 Å². The molecule has 1 unspecified atom stereocenters. The highest BCUT2D eigenvalue weighted by atomic mass is 32.2. The number of carbonyl (C=O) groups excluding carboxylic acids is 1. The van der Waals surface area contributed by atoms with Crippen LogP contribution < -0.4 is 15.0 Å². The van der Waals surface area contributed by atoms with E-state index in [0.717, 1.165) is 40.7 Å². The van der Waals surface area contributed by atoms with Gasteiger partial charge in [-0.2, -0.15) is 4.99 Å². The van der Waals surface area contributed by atoms with E-state index in [-0.39, 0.29) is 17.7 Å². The second kappa shape index (κ2) is 13.5. The lowest BCUT2D eigenvalue weighted by atomic mass is 10.00. The Morgan fingerprint density at radius 1 is 1.05 bits per heavy atom. The quantitative estimate of drug-likeness (QED) is 0.216. The zero-order valence-electron chi connectivity index (χ0n) is 24.6. The van der Waals surface area contributed by atoms with Gasteiger partial charge in [-0.1, -0.05) is 75.0 Å². The minimum absolute atomic E-state index is 0.0351. The molecule has 2 amide bonds. The number of amides is 2. The van der Waals surface area contributed by atoms with Crippen molar-refractivity contribution >= 4 is 28.6 Å². The third-order valence-electron chi connectivity index (χ3n) is 7.16. The number of para-hydroxylation sites is 1. The summed E-state index contributed by atoms with van der Waals surface area (Å²) < 4.78 is 42.7. The van der Waals surface area contributed by atoms with E-state index in [1.165, 1.54) is 40.8 Å². The van der Waals surface area contributed by atoms with Crippen molar-refractivity contribution in [3.63, 3.8) is 0 Å². The molecule has 230 valence electrons. The van der Waals surface area contributed by atoms with Gasteiger partial charge in [0.2, 0.25) is 0 Å². The first kappa shape index (κ1) is 31.1. The summed E-state index contributed by atoms with van der Waals surface area (Å²) in [5, 5.41) is 8.13. The molecule has 1 aliphatic rings. The van der Waals surface area contributed by atoms with E-state index in [0.29, 0.717) is 24.0 Å². The van der Waals surface area contributed by atoms with Crippen LogP contribution in [0.2, 0.25) is 0 Å². The van der Waals surface area contributed by atoms with Crippen LogP contribution in [0.1, 0.15) is 50.2 Å². The topological polar surface area (TPSA) is 84.6 Å². The number of rotatable bonds is 8. The number of urea groups is 1. The fourth-order valence-corrected chi connectivity index (χ4v) is 5.81. The van der Waals surface area contributed by atoms with E-state index in [2.05, 4.69) is 56.0 Å². The maximum atomic E-state index is 12.9. The van der Waals surface area contributed by atoms with Gasteiger partial charge in [0.15, 0.2) is 11.0 Å². The maximum absolute atomic E-state index is 12.9. The molecule has 1 saturated heterocycles. The number of aromatic nitrogens is 3. The van der Waals surface area contributed by atoms with Crippen LogP contribution in [0, 0.1) is 0 Å². The van der Waals surface area contributed by atoms with Crippen molar-refractivity contribution in [2.24, 2.45) is 4.99 Å². The molecule has 4 aromatic rings. The van der Waals surface area contributed by atoms with Crippen molar-refractivity contribution in [3.8, 4) is 22.8 Å². The molecule has 0 radical (unpaired) electrons. The number of anilines is 1. The fraction of sp³-hybridized carbons (Fsp3) is 0.312. The van der Waals surface area contributed by atoms with Crippen molar-refractivity contribution in [1.29, 1.82) is 0 Å². The number of aliphatic imine (C=N–C) groups is 1. The molecule has 3 aromatic carbocycles. The van der Waals surface area contributed by atoms with Crippen LogP contribution in [0.25, 0.3) is 17.1 Å². The molecule has 0 aliphatic carbocycles. The molecule has 5 rings (SSSR count). The van der Waals surface area contributed by atoms with E-state index < -0.39 is 6.36 Å². The lowest BCUT2D eigenvalue weighted by Gasteiger charge is -2.31. The molecular formula is C32H33F3N6O2S. The Labute approximate surface area is 258 Å². The van der Waals surface area contributed by atoms with Gasteiger partial charge in [0.1, 0.15) is 12.1 Å². The zero-order chi connectivity index (χ0) is 31.3. The Morgan fingerprint density at radius 2 is 1.77 bits per heavy atom. The normalized spacial score (nSPS) is 15.4. The van der Waals surface area contributed by atoms with E-state index in [1.54, 1.807) is 11.8 Å². The van der Waals surface area contributed by atoms with Crippen LogP contribution >= 0.6 is 11.8 Å². The third kappa shape index (κ3) is 7.79. The predicted molar refractivity (Wildman–Crippen MR) is 168 cm³/mol. The molecule has 1 N–H and O–H groups in total. The molecule has 0 bridgehead atoms. The van der Waals surface area contributed by atoms with Gasteiger partial charge in [-0.15, -0.1) is 18.3 Å². The van der Waals surface area contributed by atoms with Crippen LogP contribution in [0.4, 0.5) is 23.7 Å². The number of nitrogens with one attached hydrogen (secondary N) is 1. The number of amidine groups is 1. The Morgan fingerprint density at radius 3 is 2.48 bits per heavy atom. The molecule has 0 spiro atoms. The second-order valence-corrected chi connectivity index (χ2v) is 11.8. The molecular weight excluding hydrogens is 589 g/mol. The number of benzene rings is 3. The van der Waals surface area contributed by atoms with Gasteiger partial charge in [-0.3, -0.25) is 0 Å². The van der Waals surface area contributed by atoms with Crippen molar-refractivity contribution < 1.29 is 22.7 Å². The van der Waals surface area contributed by atoms with Crippen LogP contribution in [-0.4, -0.2) is 51.2 Å². The van der Waals surface area contributed by atoms with Crippen LogP contribution in [0.5, 0.6) is 5.75 Å². The smallest absolute Gasteiger partial charge is 0.406 e. The first-order valence-electron chi connectivity index (χ1n) is 14.3. The third-order valence-corrected chi connectivity index (χ3v) is 8.22. The van der Waals surface area contributed by atoms with E-state index >= 15 is 0 Å². The lowest BCUT2D eigenvalue weighted by molar-refractivity contribution is -0.274. The molecule has 1 aliphatic heterocycles. The number of ether oxygens (including phenoxy) is 1. The van der Waals surface area contributed by atoms with E-state index in [4.69, 9.17) is 0 Å². The molecule has 8 nitrogen and oxygen atoms in total. The highest BCUT2D eigenvalue weighted by Crippen LogP contribution is 2.32. The first-order chi connectivity index (χ1) is 21.1. The molecule has 1 atom stereocenters. The van der Waals surface area contributed by atoms with Crippen LogP contribution in [0.15, 0.2) is 84.1 Å². The number of alkyl halides is 3. The number of hydrogen-bond acceptors (Lipinski definition) is 5. The summed E-state index contributed by atoms with van der Waals surface area (Å²) in [6.07, 6.45) is -2.23. The zero-order valence-corrected chi connectivity index (χ0v) is 25.4. The summed E-state index contributed by atoms with van der Waals surface area (Å²) in [7, 11) is 0. The predicted octanol–water partition coefficient (Wildman–Crippen LogP) is 7.77. The molecule has 1 fully saturated rings. The maximum Gasteiger partial charge on any atom is 0.573 e. The molecule has 0 saturated carbocycles. The van der Waals surface area contributed by atoms with Gasteiger partial charge < -0.3 is 15.0 Å². The summed E-state index contributed by atoms with van der Waals surface area (Å²) in [5.41, 5.74) is 4.68. The second-order valence-electron chi connectivity index (χ2n) is 10.7. The van der Waals surface area contributed by atoms with Gasteiger partial charge in [-0.05, 0) is 59.7 Å². The standard InChI is InChI=1S/C32H33F3N6O2S/c1-21(2)27-7-4-5-8-28(27)40-17-6-18-44-31(40)38-30(42)36-19-22(3)23-9-11-24(12-10-23)29-37-20-41(39-29)25-13-15-26(16-14-25)43-32(33,34)35/h4-5,7-16,20-22H,6,17-19H2,1-3H3,(H,36,42). The highest BCUT2D eigenvalue weighted by Gasteiger charge is 2.31. The minimum Gasteiger partial charge on any atom is -0.406 e. The lowest BCUT2D eigenvalue weighted by Crippen LogP contribution is -2.36. The Balaban J connectivity index is 1.19. The average Bonchev–Trinajstić information content (AvgIpc) is 3.50. The largest absolute Gasteiger partial charge is 0.573 e. The van der Waals surface area contributed by atoms with E-state index in [1.807, 2.05) is 43.3 Å². The van der Waals surface area contributed by atoms with Gasteiger partial charge in [-0.25, -0.2) is 14.5 Å². The average molecular weight is 623 g/mol. The van der Waals surface area contributed by atoms with Gasteiger partial charge >= 0.3 is 12.4 Å². The Bertz CT molecular complexity index is 1600. The summed E-state index contributed by atoms with van der Waals surface area (Å²) in [5.74, 6) is 1.47. The summed E-state index contributed by atoms with van der Waals surface area (Å²) in [6.45, 7) is 7.60. The van der Waals surface area contributed by atoms with Crippen molar-refractivity contribution in [1.82, 2.24) is 20.1 Å². The number of thioether (sulfide) groups is 1. The summed E-state index contributed by atoms with van der Waals surface area (Å²) in [6, 6.07) is 21.0. The monoisotopic (exact) mass is 622 g/mol. The SMILES string of the molecule is CC(C)c1ccccc1N1CCCSC1=NC(=O)NCC(C)c1ccc(-c2ncn(-c3ccc(OC(F)(F)F)cc3)n2)cc1. The number of hydrogen-bond donors (Lipinski definition) is 1. The molecule has 1 aromatic heterocycles. The number of carbonyl (C=O) groups is 1.